The highest BCUT2D eigenvalue weighted by atomic mass is 32.2. The summed E-state index contributed by atoms with van der Waals surface area (Å²) in [6.07, 6.45) is -1.01. The monoisotopic (exact) mass is 252 g/mol. The summed E-state index contributed by atoms with van der Waals surface area (Å²) in [5, 5.41) is 3.03. The van der Waals surface area contributed by atoms with Crippen molar-refractivity contribution in [2.75, 3.05) is 33.3 Å². The molecular weight excluding hydrogens is 236 g/mol. The minimum absolute atomic E-state index is 0.190. The fourth-order valence-corrected chi connectivity index (χ4v) is 2.76. The number of carbonyl (C=O) groups excluding carboxylic acids is 1. The molecule has 0 aromatic carbocycles. The van der Waals surface area contributed by atoms with E-state index in [1.807, 2.05) is 0 Å². The summed E-state index contributed by atoms with van der Waals surface area (Å²) >= 11 is 0. The maximum atomic E-state index is 11.8. The first-order valence-corrected chi connectivity index (χ1v) is 6.23. The molecule has 0 bridgehead atoms. The highest BCUT2D eigenvalue weighted by Gasteiger charge is 2.32. The van der Waals surface area contributed by atoms with E-state index in [-0.39, 0.29) is 19.1 Å². The SMILES string of the molecule is COC(=O)NS(=O)(=O)N1CCNCC1CN. The summed E-state index contributed by atoms with van der Waals surface area (Å²) in [6, 6.07) is -0.351. The average molecular weight is 252 g/mol. The molecule has 1 aliphatic rings. The Hall–Kier alpha value is -0.900. The van der Waals surface area contributed by atoms with Crippen molar-refractivity contribution in [2.24, 2.45) is 5.73 Å². The van der Waals surface area contributed by atoms with Crippen LogP contribution in [0.5, 0.6) is 0 Å². The van der Waals surface area contributed by atoms with E-state index in [1.165, 1.54) is 4.31 Å². The van der Waals surface area contributed by atoms with Gasteiger partial charge in [-0.05, 0) is 0 Å². The van der Waals surface area contributed by atoms with Gasteiger partial charge in [-0.15, -0.1) is 0 Å². The zero-order valence-corrected chi connectivity index (χ0v) is 9.79. The number of amides is 1. The van der Waals surface area contributed by atoms with Crippen LogP contribution in [-0.4, -0.2) is 58.1 Å². The summed E-state index contributed by atoms with van der Waals surface area (Å²) in [5.41, 5.74) is 5.46. The third kappa shape index (κ3) is 3.04. The zero-order valence-electron chi connectivity index (χ0n) is 8.97. The Bertz CT molecular complexity index is 344. The molecule has 1 amide bonds. The summed E-state index contributed by atoms with van der Waals surface area (Å²) < 4.78 is 30.7. The number of hydrogen-bond donors (Lipinski definition) is 3. The Morgan fingerprint density at radius 3 is 2.94 bits per heavy atom. The molecule has 1 unspecified atom stereocenters. The van der Waals surface area contributed by atoms with Gasteiger partial charge in [-0.3, -0.25) is 0 Å². The van der Waals surface area contributed by atoms with Crippen LogP contribution in [-0.2, 0) is 14.9 Å². The quantitative estimate of drug-likeness (QED) is 0.526. The topological polar surface area (TPSA) is 114 Å². The lowest BCUT2D eigenvalue weighted by molar-refractivity contribution is 0.176. The van der Waals surface area contributed by atoms with Gasteiger partial charge in [-0.1, -0.05) is 0 Å². The van der Waals surface area contributed by atoms with Crippen molar-refractivity contribution >= 4 is 16.3 Å². The van der Waals surface area contributed by atoms with Crippen LogP contribution in [0.1, 0.15) is 0 Å². The Labute approximate surface area is 94.3 Å². The molecule has 0 saturated carbocycles. The van der Waals surface area contributed by atoms with Gasteiger partial charge >= 0.3 is 16.3 Å². The van der Waals surface area contributed by atoms with Crippen LogP contribution in [0.15, 0.2) is 0 Å². The second kappa shape index (κ2) is 5.43. The number of nitrogens with zero attached hydrogens (tertiary/aromatic N) is 1. The molecule has 9 heteroatoms. The van der Waals surface area contributed by atoms with Crippen LogP contribution in [0.25, 0.3) is 0 Å². The maximum Gasteiger partial charge on any atom is 0.421 e. The molecule has 0 aromatic heterocycles. The van der Waals surface area contributed by atoms with E-state index in [4.69, 9.17) is 5.73 Å². The molecule has 1 rings (SSSR count). The lowest BCUT2D eigenvalue weighted by Crippen LogP contribution is -2.59. The number of nitrogens with one attached hydrogen (secondary N) is 2. The van der Waals surface area contributed by atoms with E-state index in [9.17, 15) is 13.2 Å². The Kier molecular flexibility index (Phi) is 4.47. The molecule has 1 fully saturated rings. The molecule has 94 valence electrons. The van der Waals surface area contributed by atoms with Crippen molar-refractivity contribution in [3.8, 4) is 0 Å². The first-order chi connectivity index (χ1) is 7.51. The van der Waals surface area contributed by atoms with Crippen LogP contribution >= 0.6 is 0 Å². The van der Waals surface area contributed by atoms with Crippen LogP contribution < -0.4 is 15.8 Å². The molecular formula is C7H16N4O4S. The molecule has 0 spiro atoms. The summed E-state index contributed by atoms with van der Waals surface area (Å²) in [7, 11) is -2.77. The van der Waals surface area contributed by atoms with E-state index in [0.717, 1.165) is 7.11 Å². The number of ether oxygens (including phenoxy) is 1. The molecule has 1 saturated heterocycles. The van der Waals surface area contributed by atoms with Gasteiger partial charge in [-0.25, -0.2) is 9.52 Å². The van der Waals surface area contributed by atoms with Crippen LogP contribution in [0.3, 0.4) is 0 Å². The van der Waals surface area contributed by atoms with Gasteiger partial charge in [0.2, 0.25) is 0 Å². The third-order valence-corrected chi connectivity index (χ3v) is 3.80. The smallest absolute Gasteiger partial charge is 0.421 e. The van der Waals surface area contributed by atoms with E-state index >= 15 is 0 Å². The Balaban J connectivity index is 2.76. The number of rotatable bonds is 3. The molecule has 4 N–H and O–H groups in total. The van der Waals surface area contributed by atoms with Gasteiger partial charge in [0.05, 0.1) is 13.2 Å². The van der Waals surface area contributed by atoms with E-state index in [0.29, 0.717) is 13.1 Å². The fourth-order valence-electron chi connectivity index (χ4n) is 1.47. The normalized spacial score (nSPS) is 22.8. The highest BCUT2D eigenvalue weighted by molar-refractivity contribution is 7.87. The van der Waals surface area contributed by atoms with Crippen molar-refractivity contribution < 1.29 is 17.9 Å². The van der Waals surface area contributed by atoms with E-state index in [2.05, 4.69) is 10.1 Å². The van der Waals surface area contributed by atoms with Gasteiger partial charge in [0.1, 0.15) is 0 Å². The predicted octanol–water partition coefficient (Wildman–Crippen LogP) is -2.18. The Morgan fingerprint density at radius 1 is 1.69 bits per heavy atom. The van der Waals surface area contributed by atoms with E-state index in [1.54, 1.807) is 4.72 Å². The van der Waals surface area contributed by atoms with Gasteiger partial charge in [-0.2, -0.15) is 12.7 Å². The first-order valence-electron chi connectivity index (χ1n) is 4.79. The number of piperazine rings is 1. The summed E-state index contributed by atoms with van der Waals surface area (Å²) in [4.78, 5) is 10.9. The van der Waals surface area contributed by atoms with Crippen molar-refractivity contribution in [3.05, 3.63) is 0 Å². The summed E-state index contributed by atoms with van der Waals surface area (Å²) in [5.74, 6) is 0. The van der Waals surface area contributed by atoms with Crippen LogP contribution in [0.4, 0.5) is 4.79 Å². The van der Waals surface area contributed by atoms with Gasteiger partial charge in [0, 0.05) is 26.2 Å². The molecule has 8 nitrogen and oxygen atoms in total. The van der Waals surface area contributed by atoms with Crippen molar-refractivity contribution in [2.45, 2.75) is 6.04 Å². The average Bonchev–Trinajstić information content (AvgIpc) is 2.28. The molecule has 1 heterocycles. The number of methoxy groups -OCH3 is 1. The molecule has 0 aromatic rings. The summed E-state index contributed by atoms with van der Waals surface area (Å²) in [6.45, 7) is 1.46. The zero-order chi connectivity index (χ0) is 12.2. The number of hydrogen-bond acceptors (Lipinski definition) is 6. The third-order valence-electron chi connectivity index (χ3n) is 2.27. The standard InChI is InChI=1S/C7H16N4O4S/c1-15-7(12)10-16(13,14)11-3-2-9-5-6(11)4-8/h6,9H,2-5,8H2,1H3,(H,10,12). The predicted molar refractivity (Wildman–Crippen MR) is 56.9 cm³/mol. The van der Waals surface area contributed by atoms with Crippen LogP contribution in [0.2, 0.25) is 0 Å². The van der Waals surface area contributed by atoms with Gasteiger partial charge in [0.15, 0.2) is 0 Å². The lowest BCUT2D eigenvalue weighted by atomic mass is 10.2. The van der Waals surface area contributed by atoms with Crippen LogP contribution in [0, 0.1) is 0 Å². The molecule has 0 aliphatic carbocycles. The molecule has 0 radical (unpaired) electrons. The minimum atomic E-state index is -3.87. The molecule has 16 heavy (non-hydrogen) atoms. The van der Waals surface area contributed by atoms with E-state index < -0.39 is 16.3 Å². The van der Waals surface area contributed by atoms with Gasteiger partial charge in [0.25, 0.3) is 0 Å². The van der Waals surface area contributed by atoms with Gasteiger partial charge < -0.3 is 15.8 Å². The largest absolute Gasteiger partial charge is 0.452 e. The highest BCUT2D eigenvalue weighted by Crippen LogP contribution is 2.07. The van der Waals surface area contributed by atoms with Crippen molar-refractivity contribution in [1.29, 1.82) is 0 Å². The number of carbonyl (C=O) groups is 1. The fraction of sp³-hybridized carbons (Fsp3) is 0.857. The van der Waals surface area contributed by atoms with Crippen molar-refractivity contribution in [1.82, 2.24) is 14.3 Å². The minimum Gasteiger partial charge on any atom is -0.452 e. The maximum absolute atomic E-state index is 11.8. The second-order valence-electron chi connectivity index (χ2n) is 3.30. The first kappa shape index (κ1) is 13.2. The molecule has 1 aliphatic heterocycles. The molecule has 1 atom stereocenters. The lowest BCUT2D eigenvalue weighted by Gasteiger charge is -2.33. The van der Waals surface area contributed by atoms with Crippen molar-refractivity contribution in [3.63, 3.8) is 0 Å². The Morgan fingerprint density at radius 2 is 2.38 bits per heavy atom. The number of nitrogens with two attached hydrogens (primary N) is 1. The second-order valence-corrected chi connectivity index (χ2v) is 4.93.